The number of hydrazone groups is 1. The summed E-state index contributed by atoms with van der Waals surface area (Å²) in [5.41, 5.74) is 4.76. The summed E-state index contributed by atoms with van der Waals surface area (Å²) < 4.78 is 32.3. The average molecular weight is 513 g/mol. The molecule has 0 unspecified atom stereocenters. The molecule has 35 heavy (non-hydrogen) atoms. The van der Waals surface area contributed by atoms with Crippen LogP contribution >= 0.6 is 11.3 Å². The van der Waals surface area contributed by atoms with E-state index in [1.807, 2.05) is 19.1 Å². The SMILES string of the molecule is Cc1ccc(S(=O)(=O)N(C)Cc2ccc(C(=O)NN=Cc3ccc(N4CCOCC4)s3)cc2)cc1. The average Bonchev–Trinajstić information content (AvgIpc) is 3.34. The van der Waals surface area contributed by atoms with Crippen molar-refractivity contribution in [2.24, 2.45) is 5.10 Å². The van der Waals surface area contributed by atoms with Crippen LogP contribution in [0.15, 0.2) is 70.7 Å². The van der Waals surface area contributed by atoms with E-state index in [1.54, 1.807) is 73.1 Å². The summed E-state index contributed by atoms with van der Waals surface area (Å²) >= 11 is 1.61. The first-order chi connectivity index (χ1) is 16.8. The second-order valence-corrected chi connectivity index (χ2v) is 11.4. The first-order valence-electron chi connectivity index (χ1n) is 11.2. The molecule has 8 nitrogen and oxygen atoms in total. The highest BCUT2D eigenvalue weighted by Crippen LogP contribution is 2.25. The maximum Gasteiger partial charge on any atom is 0.271 e. The van der Waals surface area contributed by atoms with Crippen LogP contribution in [0.2, 0.25) is 0 Å². The molecule has 1 amide bonds. The molecule has 0 bridgehead atoms. The van der Waals surface area contributed by atoms with Gasteiger partial charge in [-0.25, -0.2) is 13.8 Å². The second-order valence-electron chi connectivity index (χ2n) is 8.25. The van der Waals surface area contributed by atoms with Gasteiger partial charge in [0.25, 0.3) is 5.91 Å². The standard InChI is InChI=1S/C25H28N4O4S2/c1-19-3-10-23(11-4-19)35(31,32)28(2)18-20-5-7-21(8-6-20)25(30)27-26-17-22-9-12-24(34-22)29-13-15-33-16-14-29/h3-12,17H,13-16,18H2,1-2H3,(H,27,30). The summed E-state index contributed by atoms with van der Waals surface area (Å²) in [6.07, 6.45) is 1.63. The number of rotatable bonds is 8. The van der Waals surface area contributed by atoms with Gasteiger partial charge in [0.15, 0.2) is 0 Å². The summed E-state index contributed by atoms with van der Waals surface area (Å²) in [5, 5.41) is 5.23. The molecule has 1 aromatic heterocycles. The molecule has 4 rings (SSSR count). The van der Waals surface area contributed by atoms with Crippen molar-refractivity contribution in [1.82, 2.24) is 9.73 Å². The molecule has 0 atom stereocenters. The Morgan fingerprint density at radius 1 is 1.09 bits per heavy atom. The van der Waals surface area contributed by atoms with Crippen LogP contribution in [0.25, 0.3) is 0 Å². The fourth-order valence-corrected chi connectivity index (χ4v) is 5.67. The molecule has 0 aliphatic carbocycles. The number of hydrogen-bond donors (Lipinski definition) is 1. The van der Waals surface area contributed by atoms with Crippen LogP contribution < -0.4 is 10.3 Å². The third-order valence-corrected chi connectivity index (χ3v) is 8.54. The van der Waals surface area contributed by atoms with Gasteiger partial charge >= 0.3 is 0 Å². The van der Waals surface area contributed by atoms with Crippen molar-refractivity contribution >= 4 is 38.5 Å². The summed E-state index contributed by atoms with van der Waals surface area (Å²) in [5.74, 6) is -0.335. The van der Waals surface area contributed by atoms with Crippen LogP contribution in [0.1, 0.15) is 26.4 Å². The maximum atomic E-state index is 12.8. The Labute approximate surface area is 209 Å². The van der Waals surface area contributed by atoms with Crippen molar-refractivity contribution in [3.63, 3.8) is 0 Å². The van der Waals surface area contributed by atoms with E-state index in [2.05, 4.69) is 15.4 Å². The maximum absolute atomic E-state index is 12.8. The molecule has 1 fully saturated rings. The molecule has 2 aromatic carbocycles. The number of thiophene rings is 1. The van der Waals surface area contributed by atoms with E-state index in [9.17, 15) is 13.2 Å². The summed E-state index contributed by atoms with van der Waals surface area (Å²) in [4.78, 5) is 15.9. The largest absolute Gasteiger partial charge is 0.378 e. The lowest BCUT2D eigenvalue weighted by molar-refractivity contribution is 0.0955. The number of nitrogens with one attached hydrogen (secondary N) is 1. The van der Waals surface area contributed by atoms with Crippen LogP contribution in [0.5, 0.6) is 0 Å². The van der Waals surface area contributed by atoms with E-state index >= 15 is 0 Å². The third-order valence-electron chi connectivity index (χ3n) is 5.64. The Bertz CT molecular complexity index is 1280. The highest BCUT2D eigenvalue weighted by atomic mass is 32.2. The number of aryl methyl sites for hydroxylation is 1. The van der Waals surface area contributed by atoms with Crippen LogP contribution in [-0.4, -0.2) is 58.2 Å². The van der Waals surface area contributed by atoms with Crippen LogP contribution in [0.3, 0.4) is 0 Å². The fourth-order valence-electron chi connectivity index (χ4n) is 3.58. The van der Waals surface area contributed by atoms with E-state index in [-0.39, 0.29) is 17.3 Å². The van der Waals surface area contributed by atoms with Crippen LogP contribution in [0, 0.1) is 6.92 Å². The molecule has 1 N–H and O–H groups in total. The summed E-state index contributed by atoms with van der Waals surface area (Å²) in [7, 11) is -2.06. The number of benzene rings is 2. The number of sulfonamides is 1. The minimum absolute atomic E-state index is 0.195. The predicted molar refractivity (Wildman–Crippen MR) is 139 cm³/mol. The summed E-state index contributed by atoms with van der Waals surface area (Å²) in [6, 6.07) is 17.6. The first kappa shape index (κ1) is 25.1. The first-order valence-corrected chi connectivity index (χ1v) is 13.5. The van der Waals surface area contributed by atoms with Crippen molar-refractivity contribution in [1.29, 1.82) is 0 Å². The van der Waals surface area contributed by atoms with E-state index in [0.717, 1.165) is 47.3 Å². The molecule has 10 heteroatoms. The molecular formula is C25H28N4O4S2. The molecule has 1 saturated heterocycles. The van der Waals surface area contributed by atoms with Gasteiger partial charge < -0.3 is 9.64 Å². The van der Waals surface area contributed by atoms with E-state index in [1.165, 1.54) is 4.31 Å². The Morgan fingerprint density at radius 2 is 1.77 bits per heavy atom. The van der Waals surface area contributed by atoms with Gasteiger partial charge in [-0.2, -0.15) is 9.41 Å². The zero-order chi connectivity index (χ0) is 24.8. The molecule has 184 valence electrons. The second kappa shape index (κ2) is 11.1. The van der Waals surface area contributed by atoms with Gasteiger partial charge in [-0.05, 0) is 48.9 Å². The summed E-state index contributed by atoms with van der Waals surface area (Å²) in [6.45, 7) is 5.31. The highest BCUT2D eigenvalue weighted by Gasteiger charge is 2.21. The minimum atomic E-state index is -3.60. The quantitative estimate of drug-likeness (QED) is 0.369. The van der Waals surface area contributed by atoms with Gasteiger partial charge in [0.1, 0.15) is 0 Å². The van der Waals surface area contributed by atoms with Crippen molar-refractivity contribution < 1.29 is 17.9 Å². The van der Waals surface area contributed by atoms with E-state index in [0.29, 0.717) is 5.56 Å². The van der Waals surface area contributed by atoms with Crippen LogP contribution in [0.4, 0.5) is 5.00 Å². The Hall–Kier alpha value is -3.05. The Morgan fingerprint density at radius 3 is 2.46 bits per heavy atom. The van der Waals surface area contributed by atoms with Gasteiger partial charge in [0, 0.05) is 37.1 Å². The van der Waals surface area contributed by atoms with Gasteiger partial charge in [-0.15, -0.1) is 11.3 Å². The highest BCUT2D eigenvalue weighted by molar-refractivity contribution is 7.89. The molecular weight excluding hydrogens is 484 g/mol. The number of ether oxygens (including phenoxy) is 1. The normalized spacial score (nSPS) is 14.5. The fraction of sp³-hybridized carbons (Fsp3) is 0.280. The van der Waals surface area contributed by atoms with Gasteiger partial charge in [-0.1, -0.05) is 29.8 Å². The number of nitrogens with zero attached hydrogens (tertiary/aromatic N) is 3. The number of hydrogen-bond acceptors (Lipinski definition) is 7. The molecule has 1 aliphatic heterocycles. The van der Waals surface area contributed by atoms with Gasteiger partial charge in [0.05, 0.1) is 29.3 Å². The third kappa shape index (κ3) is 6.34. The molecule has 0 spiro atoms. The van der Waals surface area contributed by atoms with Crippen molar-refractivity contribution in [2.45, 2.75) is 18.4 Å². The van der Waals surface area contributed by atoms with Crippen molar-refractivity contribution in [3.05, 3.63) is 82.2 Å². The number of morpholine rings is 1. The monoisotopic (exact) mass is 512 g/mol. The zero-order valence-corrected chi connectivity index (χ0v) is 21.3. The molecule has 0 radical (unpaired) electrons. The van der Waals surface area contributed by atoms with Crippen molar-refractivity contribution in [3.8, 4) is 0 Å². The number of amides is 1. The molecule has 0 saturated carbocycles. The Kier molecular flexibility index (Phi) is 7.97. The molecule has 2 heterocycles. The lowest BCUT2D eigenvalue weighted by atomic mass is 10.1. The van der Waals surface area contributed by atoms with E-state index in [4.69, 9.17) is 4.74 Å². The van der Waals surface area contributed by atoms with Gasteiger partial charge in [-0.3, -0.25) is 4.79 Å². The number of carbonyl (C=O) groups excluding carboxylic acids is 1. The van der Waals surface area contributed by atoms with Gasteiger partial charge in [0.2, 0.25) is 10.0 Å². The molecule has 3 aromatic rings. The Balaban J connectivity index is 1.31. The predicted octanol–water partition coefficient (Wildman–Crippen LogP) is 3.48. The topological polar surface area (TPSA) is 91.3 Å². The number of carbonyl (C=O) groups is 1. The molecule has 1 aliphatic rings. The lowest BCUT2D eigenvalue weighted by Crippen LogP contribution is -2.35. The number of anilines is 1. The lowest BCUT2D eigenvalue weighted by Gasteiger charge is -2.27. The van der Waals surface area contributed by atoms with E-state index < -0.39 is 10.0 Å². The van der Waals surface area contributed by atoms with Crippen LogP contribution in [-0.2, 0) is 21.3 Å². The van der Waals surface area contributed by atoms with Crippen molar-refractivity contribution in [2.75, 3.05) is 38.3 Å². The zero-order valence-electron chi connectivity index (χ0n) is 19.7. The minimum Gasteiger partial charge on any atom is -0.378 e. The smallest absolute Gasteiger partial charge is 0.271 e.